The van der Waals surface area contributed by atoms with Crippen molar-refractivity contribution in [2.24, 2.45) is 5.92 Å². The van der Waals surface area contributed by atoms with Crippen LogP contribution in [0.15, 0.2) is 16.5 Å². The minimum Gasteiger partial charge on any atom is -0.465 e. The Kier molecular flexibility index (Phi) is 5.02. The highest BCUT2D eigenvalue weighted by atomic mass is 16.3. The average molecular weight is 290 g/mol. The molecule has 0 amide bonds. The molecule has 1 saturated carbocycles. The lowest BCUT2D eigenvalue weighted by Gasteiger charge is -2.43. The maximum absolute atomic E-state index is 5.80. The van der Waals surface area contributed by atoms with Gasteiger partial charge in [0, 0.05) is 25.2 Å². The summed E-state index contributed by atoms with van der Waals surface area (Å²) in [5, 5.41) is 3.84. The standard InChI is InChI=1S/C18H30N2O/c1-3-16-11-19-18(15-7-5-4-6-8-15)13-20(16)12-17-10-9-14(2)21-17/h9-10,15-16,18-19H,3-8,11-13H2,1-2H3. The Labute approximate surface area is 129 Å². The molecule has 1 aliphatic heterocycles. The maximum Gasteiger partial charge on any atom is 0.118 e. The van der Waals surface area contributed by atoms with Crippen molar-refractivity contribution in [1.82, 2.24) is 10.2 Å². The molecule has 1 aromatic heterocycles. The SMILES string of the molecule is CCC1CNC(C2CCCCC2)CN1Cc1ccc(C)o1. The summed E-state index contributed by atoms with van der Waals surface area (Å²) in [5.41, 5.74) is 0. The van der Waals surface area contributed by atoms with Gasteiger partial charge in [-0.15, -0.1) is 0 Å². The molecule has 1 aromatic rings. The fourth-order valence-corrected chi connectivity index (χ4v) is 4.10. The zero-order chi connectivity index (χ0) is 14.7. The largest absolute Gasteiger partial charge is 0.465 e. The van der Waals surface area contributed by atoms with E-state index in [1.807, 2.05) is 6.92 Å². The van der Waals surface area contributed by atoms with Gasteiger partial charge < -0.3 is 9.73 Å². The van der Waals surface area contributed by atoms with Gasteiger partial charge in [-0.2, -0.15) is 0 Å². The number of hydrogen-bond donors (Lipinski definition) is 1. The number of furan rings is 1. The van der Waals surface area contributed by atoms with Crippen LogP contribution in [0.4, 0.5) is 0 Å². The summed E-state index contributed by atoms with van der Waals surface area (Å²) in [6.07, 6.45) is 8.35. The monoisotopic (exact) mass is 290 g/mol. The summed E-state index contributed by atoms with van der Waals surface area (Å²) in [4.78, 5) is 2.65. The number of rotatable bonds is 4. The fraction of sp³-hybridized carbons (Fsp3) is 0.778. The van der Waals surface area contributed by atoms with Crippen LogP contribution in [0.5, 0.6) is 0 Å². The number of nitrogens with one attached hydrogen (secondary N) is 1. The molecular weight excluding hydrogens is 260 g/mol. The van der Waals surface area contributed by atoms with Crippen LogP contribution in [0.3, 0.4) is 0 Å². The van der Waals surface area contributed by atoms with Crippen molar-refractivity contribution < 1.29 is 4.42 Å². The zero-order valence-electron chi connectivity index (χ0n) is 13.6. The van der Waals surface area contributed by atoms with E-state index in [0.717, 1.165) is 30.5 Å². The van der Waals surface area contributed by atoms with Crippen LogP contribution >= 0.6 is 0 Å². The van der Waals surface area contributed by atoms with E-state index in [0.29, 0.717) is 12.1 Å². The van der Waals surface area contributed by atoms with Gasteiger partial charge in [-0.25, -0.2) is 0 Å². The number of piperazine rings is 1. The van der Waals surface area contributed by atoms with Crippen molar-refractivity contribution >= 4 is 0 Å². The van der Waals surface area contributed by atoms with Gasteiger partial charge in [0.2, 0.25) is 0 Å². The molecule has 1 aliphatic carbocycles. The predicted molar refractivity (Wildman–Crippen MR) is 86.3 cm³/mol. The Bertz CT molecular complexity index is 436. The Morgan fingerprint density at radius 2 is 2.05 bits per heavy atom. The maximum atomic E-state index is 5.80. The van der Waals surface area contributed by atoms with Gasteiger partial charge in [-0.3, -0.25) is 4.90 Å². The number of aryl methyl sites for hydroxylation is 1. The van der Waals surface area contributed by atoms with Crippen molar-refractivity contribution in [2.45, 2.75) is 71.0 Å². The topological polar surface area (TPSA) is 28.4 Å². The van der Waals surface area contributed by atoms with Crippen LogP contribution in [0.1, 0.15) is 57.0 Å². The molecule has 2 aliphatic rings. The molecule has 21 heavy (non-hydrogen) atoms. The van der Waals surface area contributed by atoms with Crippen LogP contribution in [-0.4, -0.2) is 30.1 Å². The second-order valence-electron chi connectivity index (χ2n) is 6.92. The molecule has 118 valence electrons. The first-order valence-electron chi connectivity index (χ1n) is 8.79. The van der Waals surface area contributed by atoms with Crippen molar-refractivity contribution in [3.05, 3.63) is 23.7 Å². The van der Waals surface area contributed by atoms with Gasteiger partial charge >= 0.3 is 0 Å². The summed E-state index contributed by atoms with van der Waals surface area (Å²) in [7, 11) is 0. The summed E-state index contributed by atoms with van der Waals surface area (Å²) in [6, 6.07) is 5.55. The molecule has 0 bridgehead atoms. The van der Waals surface area contributed by atoms with E-state index in [1.165, 1.54) is 45.1 Å². The van der Waals surface area contributed by atoms with E-state index in [-0.39, 0.29) is 0 Å². The number of nitrogens with zero attached hydrogens (tertiary/aromatic N) is 1. The first-order chi connectivity index (χ1) is 10.3. The fourth-order valence-electron chi connectivity index (χ4n) is 4.10. The summed E-state index contributed by atoms with van der Waals surface area (Å²) in [6.45, 7) is 7.62. The lowest BCUT2D eigenvalue weighted by atomic mass is 9.82. The molecule has 0 radical (unpaired) electrons. The lowest BCUT2D eigenvalue weighted by molar-refractivity contribution is 0.0811. The van der Waals surface area contributed by atoms with Gasteiger partial charge in [0.1, 0.15) is 11.5 Å². The van der Waals surface area contributed by atoms with Crippen LogP contribution in [0, 0.1) is 12.8 Å². The molecule has 2 heterocycles. The molecule has 3 rings (SSSR count). The van der Waals surface area contributed by atoms with Crippen LogP contribution in [-0.2, 0) is 6.54 Å². The Morgan fingerprint density at radius 1 is 1.24 bits per heavy atom. The molecule has 1 N–H and O–H groups in total. The van der Waals surface area contributed by atoms with Gasteiger partial charge in [0.15, 0.2) is 0 Å². The minimum absolute atomic E-state index is 0.648. The van der Waals surface area contributed by atoms with Gasteiger partial charge in [0.25, 0.3) is 0 Å². The molecule has 2 atom stereocenters. The third-order valence-corrected chi connectivity index (χ3v) is 5.41. The molecule has 2 fully saturated rings. The highest BCUT2D eigenvalue weighted by Crippen LogP contribution is 2.29. The van der Waals surface area contributed by atoms with E-state index < -0.39 is 0 Å². The van der Waals surface area contributed by atoms with E-state index in [9.17, 15) is 0 Å². The summed E-state index contributed by atoms with van der Waals surface area (Å²) < 4.78 is 5.80. The van der Waals surface area contributed by atoms with Crippen LogP contribution in [0.25, 0.3) is 0 Å². The quantitative estimate of drug-likeness (QED) is 0.916. The first-order valence-corrected chi connectivity index (χ1v) is 8.79. The summed E-state index contributed by atoms with van der Waals surface area (Å²) in [5.74, 6) is 3.03. The molecule has 1 saturated heterocycles. The van der Waals surface area contributed by atoms with E-state index in [4.69, 9.17) is 4.42 Å². The van der Waals surface area contributed by atoms with Crippen LogP contribution in [0.2, 0.25) is 0 Å². The molecule has 3 nitrogen and oxygen atoms in total. The molecule has 0 spiro atoms. The van der Waals surface area contributed by atoms with Gasteiger partial charge in [-0.05, 0) is 44.2 Å². The van der Waals surface area contributed by atoms with Gasteiger partial charge in [0.05, 0.1) is 6.54 Å². The second kappa shape index (κ2) is 6.97. The highest BCUT2D eigenvalue weighted by Gasteiger charge is 2.32. The normalized spacial score (nSPS) is 28.9. The Balaban J connectivity index is 1.63. The molecular formula is C18H30N2O. The molecule has 3 heteroatoms. The Morgan fingerprint density at radius 3 is 2.71 bits per heavy atom. The summed E-state index contributed by atoms with van der Waals surface area (Å²) >= 11 is 0. The third kappa shape index (κ3) is 3.70. The predicted octanol–water partition coefficient (Wildman–Crippen LogP) is 3.72. The van der Waals surface area contributed by atoms with Crippen molar-refractivity contribution in [1.29, 1.82) is 0 Å². The Hall–Kier alpha value is -0.800. The minimum atomic E-state index is 0.648. The van der Waals surface area contributed by atoms with Crippen molar-refractivity contribution in [3.8, 4) is 0 Å². The van der Waals surface area contributed by atoms with Gasteiger partial charge in [-0.1, -0.05) is 26.2 Å². The lowest BCUT2D eigenvalue weighted by Crippen LogP contribution is -2.58. The average Bonchev–Trinajstić information content (AvgIpc) is 2.93. The van der Waals surface area contributed by atoms with Crippen molar-refractivity contribution in [3.63, 3.8) is 0 Å². The smallest absolute Gasteiger partial charge is 0.118 e. The highest BCUT2D eigenvalue weighted by molar-refractivity contribution is 5.06. The van der Waals surface area contributed by atoms with Crippen LogP contribution < -0.4 is 5.32 Å². The van der Waals surface area contributed by atoms with E-state index in [2.05, 4.69) is 29.3 Å². The molecule has 2 unspecified atom stereocenters. The zero-order valence-corrected chi connectivity index (χ0v) is 13.6. The first kappa shape index (κ1) is 15.1. The van der Waals surface area contributed by atoms with Crippen molar-refractivity contribution in [2.75, 3.05) is 13.1 Å². The third-order valence-electron chi connectivity index (χ3n) is 5.41. The van der Waals surface area contributed by atoms with E-state index >= 15 is 0 Å². The number of hydrogen-bond acceptors (Lipinski definition) is 3. The molecule has 0 aromatic carbocycles. The van der Waals surface area contributed by atoms with E-state index in [1.54, 1.807) is 0 Å². The second-order valence-corrected chi connectivity index (χ2v) is 6.92.